The minimum Gasteiger partial charge on any atom is -0.469 e. The van der Waals surface area contributed by atoms with Gasteiger partial charge in [0, 0.05) is 11.8 Å². The number of ketones is 1. The molecule has 0 aliphatic carbocycles. The molecule has 1 aromatic rings. The van der Waals surface area contributed by atoms with Gasteiger partial charge in [-0.2, -0.15) is 0 Å². The number of carbonyl (C=O) groups excluding carboxylic acids is 5. The second-order valence-electron chi connectivity index (χ2n) is 7.03. The van der Waals surface area contributed by atoms with Crippen LogP contribution in [0.15, 0.2) is 0 Å². The Morgan fingerprint density at radius 2 is 1.89 bits per heavy atom. The lowest BCUT2D eigenvalue weighted by Crippen LogP contribution is -2.37. The van der Waals surface area contributed by atoms with Gasteiger partial charge in [0.15, 0.2) is 12.4 Å². The average Bonchev–Trinajstić information content (AvgIpc) is 3.14. The standard InChI is InChI=1S/C19H23NO8/c1-10-11(5-6-13(22)26-3)12(9-21)20-16(10)17(25)18-19(2,7-14(23)27-4)8-15(24)28-18/h9,18,20H,5-8H2,1-4H3/t18-,19+/m1/s1. The Kier molecular flexibility index (Phi) is 6.37. The number of ether oxygens (including phenoxy) is 3. The smallest absolute Gasteiger partial charge is 0.307 e. The molecule has 0 bridgehead atoms. The van der Waals surface area contributed by atoms with E-state index in [0.29, 0.717) is 17.4 Å². The van der Waals surface area contributed by atoms with Gasteiger partial charge in [0.2, 0.25) is 5.78 Å². The number of hydrogen-bond donors (Lipinski definition) is 1. The summed E-state index contributed by atoms with van der Waals surface area (Å²) in [5.74, 6) is -2.13. The molecule has 0 radical (unpaired) electrons. The number of carbonyl (C=O) groups is 5. The number of rotatable bonds is 8. The van der Waals surface area contributed by atoms with Gasteiger partial charge < -0.3 is 19.2 Å². The number of aldehydes is 1. The van der Waals surface area contributed by atoms with E-state index in [2.05, 4.69) is 14.5 Å². The molecule has 152 valence electrons. The van der Waals surface area contributed by atoms with Crippen molar-refractivity contribution >= 4 is 30.0 Å². The summed E-state index contributed by atoms with van der Waals surface area (Å²) in [5, 5.41) is 0. The van der Waals surface area contributed by atoms with Crippen LogP contribution in [0.3, 0.4) is 0 Å². The summed E-state index contributed by atoms with van der Waals surface area (Å²) in [6.07, 6.45) is -0.647. The van der Waals surface area contributed by atoms with Crippen molar-refractivity contribution in [1.82, 2.24) is 4.98 Å². The molecule has 1 aliphatic heterocycles. The minimum absolute atomic E-state index is 0.0438. The molecule has 0 unspecified atom stereocenters. The van der Waals surface area contributed by atoms with Crippen LogP contribution in [0.2, 0.25) is 0 Å². The van der Waals surface area contributed by atoms with E-state index < -0.39 is 35.2 Å². The molecule has 2 atom stereocenters. The van der Waals surface area contributed by atoms with Crippen molar-refractivity contribution in [2.45, 2.75) is 45.6 Å². The number of nitrogens with one attached hydrogen (secondary N) is 1. The highest BCUT2D eigenvalue weighted by atomic mass is 16.6. The van der Waals surface area contributed by atoms with Crippen LogP contribution >= 0.6 is 0 Å². The number of aromatic nitrogens is 1. The van der Waals surface area contributed by atoms with Crippen molar-refractivity contribution in [3.63, 3.8) is 0 Å². The molecule has 9 nitrogen and oxygen atoms in total. The molecule has 1 N–H and O–H groups in total. The Hall–Kier alpha value is -2.97. The number of cyclic esters (lactones) is 1. The third-order valence-corrected chi connectivity index (χ3v) is 5.03. The Balaban J connectivity index is 2.35. The molecule has 0 aromatic carbocycles. The van der Waals surface area contributed by atoms with Gasteiger partial charge in [0.05, 0.1) is 38.4 Å². The third-order valence-electron chi connectivity index (χ3n) is 5.03. The van der Waals surface area contributed by atoms with Gasteiger partial charge in [-0.3, -0.25) is 24.0 Å². The van der Waals surface area contributed by atoms with Crippen molar-refractivity contribution in [3.8, 4) is 0 Å². The highest BCUT2D eigenvalue weighted by Crippen LogP contribution is 2.41. The van der Waals surface area contributed by atoms with Gasteiger partial charge >= 0.3 is 17.9 Å². The molecule has 1 fully saturated rings. The fourth-order valence-electron chi connectivity index (χ4n) is 3.45. The van der Waals surface area contributed by atoms with E-state index in [1.807, 2.05) is 0 Å². The summed E-state index contributed by atoms with van der Waals surface area (Å²) in [6, 6.07) is 0. The van der Waals surface area contributed by atoms with E-state index in [4.69, 9.17) is 4.74 Å². The van der Waals surface area contributed by atoms with E-state index in [-0.39, 0.29) is 37.1 Å². The van der Waals surface area contributed by atoms with Gasteiger partial charge in [-0.1, -0.05) is 6.92 Å². The Bertz CT molecular complexity index is 824. The van der Waals surface area contributed by atoms with Crippen LogP contribution in [-0.4, -0.2) is 55.3 Å². The molecule has 1 aromatic heterocycles. The summed E-state index contributed by atoms with van der Waals surface area (Å²) in [4.78, 5) is 62.3. The Labute approximate surface area is 161 Å². The molecular weight excluding hydrogens is 370 g/mol. The summed E-state index contributed by atoms with van der Waals surface area (Å²) < 4.78 is 14.5. The molecule has 0 amide bonds. The van der Waals surface area contributed by atoms with E-state index in [0.717, 1.165) is 0 Å². The monoisotopic (exact) mass is 393 g/mol. The van der Waals surface area contributed by atoms with Crippen LogP contribution in [0.25, 0.3) is 0 Å². The van der Waals surface area contributed by atoms with Crippen LogP contribution in [0.1, 0.15) is 58.3 Å². The molecule has 2 heterocycles. The van der Waals surface area contributed by atoms with Gasteiger partial charge in [0.25, 0.3) is 0 Å². The topological polar surface area (TPSA) is 129 Å². The quantitative estimate of drug-likeness (QED) is 0.303. The van der Waals surface area contributed by atoms with E-state index in [1.165, 1.54) is 14.2 Å². The molecule has 1 saturated heterocycles. The highest BCUT2D eigenvalue weighted by molar-refractivity contribution is 6.03. The maximum atomic E-state index is 13.1. The number of Topliss-reactive ketones (excluding diaryl/α,β-unsaturated/α-hetero) is 1. The SMILES string of the molecule is COC(=O)CCc1c(C=O)[nH]c(C(=O)[C@H]2OC(=O)C[C@]2(C)CC(=O)OC)c1C. The first-order chi connectivity index (χ1) is 13.2. The zero-order valence-corrected chi connectivity index (χ0v) is 16.2. The molecule has 9 heteroatoms. The lowest BCUT2D eigenvalue weighted by Gasteiger charge is -2.26. The second kappa shape index (κ2) is 8.37. The maximum Gasteiger partial charge on any atom is 0.307 e. The van der Waals surface area contributed by atoms with Crippen LogP contribution in [0.5, 0.6) is 0 Å². The highest BCUT2D eigenvalue weighted by Gasteiger charge is 2.51. The zero-order valence-electron chi connectivity index (χ0n) is 16.2. The summed E-state index contributed by atoms with van der Waals surface area (Å²) >= 11 is 0. The molecule has 0 spiro atoms. The van der Waals surface area contributed by atoms with Crippen molar-refractivity contribution in [1.29, 1.82) is 0 Å². The minimum atomic E-state index is -1.19. The Morgan fingerprint density at radius 1 is 1.25 bits per heavy atom. The van der Waals surface area contributed by atoms with Crippen molar-refractivity contribution in [2.24, 2.45) is 5.41 Å². The fraction of sp³-hybridized carbons (Fsp3) is 0.526. The van der Waals surface area contributed by atoms with E-state index >= 15 is 0 Å². The van der Waals surface area contributed by atoms with Crippen LogP contribution in [-0.2, 0) is 35.0 Å². The Morgan fingerprint density at radius 3 is 2.46 bits per heavy atom. The molecule has 0 saturated carbocycles. The fourth-order valence-corrected chi connectivity index (χ4v) is 3.45. The lowest BCUT2D eigenvalue weighted by molar-refractivity contribution is -0.144. The van der Waals surface area contributed by atoms with Crippen LogP contribution in [0, 0.1) is 12.3 Å². The maximum absolute atomic E-state index is 13.1. The molecule has 2 rings (SSSR count). The van der Waals surface area contributed by atoms with Crippen molar-refractivity contribution in [3.05, 3.63) is 22.5 Å². The first-order valence-corrected chi connectivity index (χ1v) is 8.70. The van der Waals surface area contributed by atoms with Gasteiger partial charge in [-0.15, -0.1) is 0 Å². The zero-order chi connectivity index (χ0) is 21.1. The van der Waals surface area contributed by atoms with Crippen molar-refractivity contribution in [2.75, 3.05) is 14.2 Å². The predicted molar refractivity (Wildman–Crippen MR) is 94.8 cm³/mol. The summed E-state index contributed by atoms with van der Waals surface area (Å²) in [6.45, 7) is 3.24. The largest absolute Gasteiger partial charge is 0.469 e. The first-order valence-electron chi connectivity index (χ1n) is 8.70. The van der Waals surface area contributed by atoms with Gasteiger partial charge in [-0.05, 0) is 24.5 Å². The van der Waals surface area contributed by atoms with Crippen molar-refractivity contribution < 1.29 is 38.2 Å². The third kappa shape index (κ3) is 4.13. The summed E-state index contributed by atoms with van der Waals surface area (Å²) in [5.41, 5.74) is 0.218. The number of aromatic amines is 1. The molecule has 28 heavy (non-hydrogen) atoms. The van der Waals surface area contributed by atoms with Gasteiger partial charge in [-0.25, -0.2) is 0 Å². The van der Waals surface area contributed by atoms with E-state index in [9.17, 15) is 24.0 Å². The molecular formula is C19H23NO8. The second-order valence-corrected chi connectivity index (χ2v) is 7.03. The molecule has 1 aliphatic rings. The first kappa shape index (κ1) is 21.3. The lowest BCUT2D eigenvalue weighted by atomic mass is 9.77. The van der Waals surface area contributed by atoms with Gasteiger partial charge in [0.1, 0.15) is 0 Å². The number of H-pyrrole nitrogens is 1. The number of hydrogen-bond acceptors (Lipinski definition) is 8. The normalized spacial score (nSPS) is 21.1. The number of methoxy groups -OCH3 is 2. The number of esters is 3. The van der Waals surface area contributed by atoms with Crippen LogP contribution < -0.4 is 0 Å². The van der Waals surface area contributed by atoms with Crippen LogP contribution in [0.4, 0.5) is 0 Å². The predicted octanol–water partition coefficient (Wildman–Crippen LogP) is 1.31. The van der Waals surface area contributed by atoms with E-state index in [1.54, 1.807) is 13.8 Å². The average molecular weight is 393 g/mol. The summed E-state index contributed by atoms with van der Waals surface area (Å²) in [7, 11) is 2.48.